The molecule has 2 aromatic rings. The van der Waals surface area contributed by atoms with E-state index >= 15 is 0 Å². The molecule has 2 rings (SSSR count). The lowest BCUT2D eigenvalue weighted by Gasteiger charge is -2.21. The van der Waals surface area contributed by atoms with Gasteiger partial charge in [-0.05, 0) is 47.7 Å². The van der Waals surface area contributed by atoms with Crippen LogP contribution in [-0.4, -0.2) is 7.05 Å². The van der Waals surface area contributed by atoms with Gasteiger partial charge in [-0.15, -0.1) is 0 Å². The van der Waals surface area contributed by atoms with Crippen molar-refractivity contribution in [3.05, 3.63) is 59.7 Å². The van der Waals surface area contributed by atoms with Crippen molar-refractivity contribution in [1.29, 1.82) is 0 Å². The Bertz CT molecular complexity index is 546. The average Bonchev–Trinajstić information content (AvgIpc) is 2.53. The molecule has 0 saturated heterocycles. The van der Waals surface area contributed by atoms with Gasteiger partial charge in [-0.3, -0.25) is 0 Å². The Morgan fingerprint density at radius 3 is 2.35 bits per heavy atom. The highest BCUT2D eigenvalue weighted by Crippen LogP contribution is 2.27. The Kier molecular flexibility index (Phi) is 4.80. The number of benzene rings is 2. The topological polar surface area (TPSA) is 29.3 Å². The largest absolute Gasteiger partial charge is 0.345 e. The van der Waals surface area contributed by atoms with Crippen molar-refractivity contribution in [1.82, 2.24) is 0 Å². The van der Waals surface area contributed by atoms with Gasteiger partial charge in [-0.2, -0.15) is 0 Å². The highest BCUT2D eigenvalue weighted by molar-refractivity contribution is 5.63. The lowest BCUT2D eigenvalue weighted by Crippen LogP contribution is -2.10. The van der Waals surface area contributed by atoms with E-state index in [0.717, 1.165) is 5.56 Å². The first-order valence-corrected chi connectivity index (χ1v) is 7.28. The van der Waals surface area contributed by atoms with Crippen molar-refractivity contribution in [3.8, 4) is 0 Å². The molecule has 0 fully saturated rings. The molecule has 1 unspecified atom stereocenters. The molecular weight excluding hydrogens is 244 g/mol. The van der Waals surface area contributed by atoms with Crippen LogP contribution in [0, 0.1) is 0 Å². The fourth-order valence-electron chi connectivity index (χ4n) is 2.30. The van der Waals surface area contributed by atoms with E-state index in [1.807, 2.05) is 0 Å². The molecule has 2 aromatic carbocycles. The van der Waals surface area contributed by atoms with E-state index in [0.29, 0.717) is 12.5 Å². The molecule has 0 aliphatic carbocycles. The lowest BCUT2D eigenvalue weighted by molar-refractivity contribution is 0.733. The van der Waals surface area contributed by atoms with Crippen LogP contribution in [-0.2, 0) is 6.54 Å². The van der Waals surface area contributed by atoms with Gasteiger partial charge in [-0.25, -0.2) is 0 Å². The van der Waals surface area contributed by atoms with E-state index in [9.17, 15) is 0 Å². The Labute approximate surface area is 122 Å². The van der Waals surface area contributed by atoms with Gasteiger partial charge in [0.05, 0.1) is 0 Å². The van der Waals surface area contributed by atoms with Gasteiger partial charge in [0, 0.05) is 25.0 Å². The second-order valence-electron chi connectivity index (χ2n) is 5.33. The molecule has 0 spiro atoms. The minimum Gasteiger partial charge on any atom is -0.345 e. The second-order valence-corrected chi connectivity index (χ2v) is 5.33. The second kappa shape index (κ2) is 6.58. The van der Waals surface area contributed by atoms with Gasteiger partial charge >= 0.3 is 0 Å². The van der Waals surface area contributed by atoms with Crippen LogP contribution < -0.4 is 10.6 Å². The van der Waals surface area contributed by atoms with E-state index in [-0.39, 0.29) is 0 Å². The molecule has 0 aliphatic heterocycles. The number of rotatable bonds is 5. The molecule has 2 heteroatoms. The van der Waals surface area contributed by atoms with Crippen LogP contribution in [0.2, 0.25) is 0 Å². The van der Waals surface area contributed by atoms with E-state index in [1.165, 1.54) is 23.4 Å². The molecule has 20 heavy (non-hydrogen) atoms. The average molecular weight is 268 g/mol. The van der Waals surface area contributed by atoms with Gasteiger partial charge in [0.15, 0.2) is 0 Å². The van der Waals surface area contributed by atoms with Gasteiger partial charge in [0.1, 0.15) is 0 Å². The van der Waals surface area contributed by atoms with Crippen molar-refractivity contribution >= 4 is 11.4 Å². The number of nitrogens with two attached hydrogens (primary N) is 1. The molecule has 0 saturated carbocycles. The first-order valence-electron chi connectivity index (χ1n) is 7.28. The minimum atomic E-state index is 0.578. The first kappa shape index (κ1) is 14.6. The van der Waals surface area contributed by atoms with Crippen LogP contribution in [0.1, 0.15) is 37.3 Å². The summed E-state index contributed by atoms with van der Waals surface area (Å²) in [6, 6.07) is 17.2. The van der Waals surface area contributed by atoms with Gasteiger partial charge in [0.25, 0.3) is 0 Å². The zero-order chi connectivity index (χ0) is 14.5. The third-order valence-corrected chi connectivity index (χ3v) is 4.00. The maximum atomic E-state index is 5.71. The summed E-state index contributed by atoms with van der Waals surface area (Å²) in [5.41, 5.74) is 10.6. The van der Waals surface area contributed by atoms with Crippen LogP contribution in [0.5, 0.6) is 0 Å². The van der Waals surface area contributed by atoms with Gasteiger partial charge < -0.3 is 10.6 Å². The molecule has 0 heterocycles. The van der Waals surface area contributed by atoms with E-state index in [4.69, 9.17) is 5.73 Å². The van der Waals surface area contributed by atoms with Gasteiger partial charge in [-0.1, -0.05) is 38.1 Å². The highest BCUT2D eigenvalue weighted by atomic mass is 15.1. The monoisotopic (exact) mass is 268 g/mol. The quantitative estimate of drug-likeness (QED) is 0.869. The third-order valence-electron chi connectivity index (χ3n) is 4.00. The van der Waals surface area contributed by atoms with Crippen LogP contribution in [0.15, 0.2) is 48.5 Å². The standard InChI is InChI=1S/C18H24N2/c1-4-14(2)16-8-10-17(11-9-16)20(3)18-7-5-6-15(12-18)13-19/h5-12,14H,4,13,19H2,1-3H3. The maximum absolute atomic E-state index is 5.71. The summed E-state index contributed by atoms with van der Waals surface area (Å²) >= 11 is 0. The Morgan fingerprint density at radius 1 is 1.05 bits per heavy atom. The normalized spacial score (nSPS) is 12.2. The van der Waals surface area contributed by atoms with E-state index in [1.54, 1.807) is 0 Å². The summed E-state index contributed by atoms with van der Waals surface area (Å²) in [4.78, 5) is 2.19. The highest BCUT2D eigenvalue weighted by Gasteiger charge is 2.06. The molecule has 0 bridgehead atoms. The van der Waals surface area contributed by atoms with Crippen LogP contribution in [0.3, 0.4) is 0 Å². The molecule has 0 aliphatic rings. The van der Waals surface area contributed by atoms with Crippen molar-refractivity contribution in [2.24, 2.45) is 5.73 Å². The number of hydrogen-bond acceptors (Lipinski definition) is 2. The van der Waals surface area contributed by atoms with Gasteiger partial charge in [0.2, 0.25) is 0 Å². The zero-order valence-corrected chi connectivity index (χ0v) is 12.6. The van der Waals surface area contributed by atoms with Crippen LogP contribution in [0.25, 0.3) is 0 Å². The summed E-state index contributed by atoms with van der Waals surface area (Å²) in [5, 5.41) is 0. The molecular formula is C18H24N2. The zero-order valence-electron chi connectivity index (χ0n) is 12.6. The maximum Gasteiger partial charge on any atom is 0.0411 e. The number of hydrogen-bond donors (Lipinski definition) is 1. The smallest absolute Gasteiger partial charge is 0.0411 e. The van der Waals surface area contributed by atoms with Crippen molar-refractivity contribution < 1.29 is 0 Å². The molecule has 2 nitrogen and oxygen atoms in total. The van der Waals surface area contributed by atoms with Crippen LogP contribution >= 0.6 is 0 Å². The summed E-state index contributed by atoms with van der Waals surface area (Å²) in [6.45, 7) is 5.07. The fraction of sp³-hybridized carbons (Fsp3) is 0.333. The molecule has 2 N–H and O–H groups in total. The predicted octanol–water partition coefficient (Wildman–Crippen LogP) is 4.43. The molecule has 106 valence electrons. The number of anilines is 2. The van der Waals surface area contributed by atoms with E-state index in [2.05, 4.69) is 74.3 Å². The lowest BCUT2D eigenvalue weighted by atomic mass is 9.98. The SMILES string of the molecule is CCC(C)c1ccc(N(C)c2cccc(CN)c2)cc1. The minimum absolute atomic E-state index is 0.578. The van der Waals surface area contributed by atoms with E-state index < -0.39 is 0 Å². The summed E-state index contributed by atoms with van der Waals surface area (Å²) < 4.78 is 0. The van der Waals surface area contributed by atoms with Crippen molar-refractivity contribution in [2.75, 3.05) is 11.9 Å². The molecule has 0 radical (unpaired) electrons. The van der Waals surface area contributed by atoms with Crippen LogP contribution in [0.4, 0.5) is 11.4 Å². The molecule has 1 atom stereocenters. The molecule has 0 aromatic heterocycles. The number of nitrogens with zero attached hydrogens (tertiary/aromatic N) is 1. The third kappa shape index (κ3) is 3.20. The Hall–Kier alpha value is -1.80. The Morgan fingerprint density at radius 2 is 1.75 bits per heavy atom. The molecule has 0 amide bonds. The summed E-state index contributed by atoms with van der Waals surface area (Å²) in [7, 11) is 2.09. The predicted molar refractivity (Wildman–Crippen MR) is 87.5 cm³/mol. The summed E-state index contributed by atoms with van der Waals surface area (Å²) in [6.07, 6.45) is 1.17. The summed E-state index contributed by atoms with van der Waals surface area (Å²) in [5.74, 6) is 0.620. The Balaban J connectivity index is 2.22. The van der Waals surface area contributed by atoms with Crippen molar-refractivity contribution in [3.63, 3.8) is 0 Å². The fourth-order valence-corrected chi connectivity index (χ4v) is 2.30. The van der Waals surface area contributed by atoms with Crippen molar-refractivity contribution in [2.45, 2.75) is 32.7 Å². The first-order chi connectivity index (χ1) is 9.65.